The Hall–Kier alpha value is -4.00. The van der Waals surface area contributed by atoms with Crippen molar-refractivity contribution in [1.29, 1.82) is 5.26 Å². The summed E-state index contributed by atoms with van der Waals surface area (Å²) in [7, 11) is 0. The second-order valence-electron chi connectivity index (χ2n) is 10.1. The van der Waals surface area contributed by atoms with E-state index in [9.17, 15) is 18.4 Å². The summed E-state index contributed by atoms with van der Waals surface area (Å²) in [5, 5.41) is 13.1. The van der Waals surface area contributed by atoms with E-state index in [1.807, 2.05) is 22.8 Å². The van der Waals surface area contributed by atoms with Gasteiger partial charge in [0, 0.05) is 18.8 Å². The normalized spacial score (nSPS) is 14.9. The number of hydrogen-bond donors (Lipinski definition) is 1. The summed E-state index contributed by atoms with van der Waals surface area (Å²) in [5.41, 5.74) is 2.55. The van der Waals surface area contributed by atoms with Gasteiger partial charge in [0.25, 0.3) is 0 Å². The molecule has 1 fully saturated rings. The lowest BCUT2D eigenvalue weighted by Gasteiger charge is -2.32. The minimum Gasteiger partial charge on any atom is -0.365 e. The molecule has 1 saturated carbocycles. The molecule has 1 atom stereocenters. The fourth-order valence-electron chi connectivity index (χ4n) is 4.72. The number of aromatic nitrogens is 5. The zero-order chi connectivity index (χ0) is 27.0. The van der Waals surface area contributed by atoms with Gasteiger partial charge in [0.15, 0.2) is 17.3 Å². The van der Waals surface area contributed by atoms with E-state index in [1.54, 1.807) is 6.20 Å². The summed E-state index contributed by atoms with van der Waals surface area (Å²) in [6.07, 6.45) is 0.734. The fourth-order valence-corrected chi connectivity index (χ4v) is 4.72. The Balaban J connectivity index is 1.67. The van der Waals surface area contributed by atoms with E-state index >= 15 is 0 Å². The first kappa shape index (κ1) is 25.6. The second-order valence-corrected chi connectivity index (χ2v) is 10.1. The molecule has 10 heteroatoms. The number of rotatable bonds is 7. The quantitative estimate of drug-likeness (QED) is 0.298. The maximum Gasteiger partial charge on any atom is 0.416 e. The van der Waals surface area contributed by atoms with E-state index in [0.717, 1.165) is 30.5 Å². The highest BCUT2D eigenvalue weighted by atomic mass is 19.4. The number of fused-ring (bicyclic) bond motifs is 1. The molecule has 1 aromatic carbocycles. The predicted molar refractivity (Wildman–Crippen MR) is 138 cm³/mol. The Morgan fingerprint density at radius 2 is 1.82 bits per heavy atom. The Morgan fingerprint density at radius 3 is 2.42 bits per heavy atom. The van der Waals surface area contributed by atoms with Gasteiger partial charge in [0.1, 0.15) is 17.3 Å². The van der Waals surface area contributed by atoms with E-state index in [-0.39, 0.29) is 24.3 Å². The van der Waals surface area contributed by atoms with Crippen LogP contribution in [0.2, 0.25) is 0 Å². The first-order valence-corrected chi connectivity index (χ1v) is 12.7. The maximum atomic E-state index is 13.2. The Bertz CT molecular complexity index is 1500. The van der Waals surface area contributed by atoms with Crippen molar-refractivity contribution >= 4 is 17.0 Å². The van der Waals surface area contributed by atoms with Crippen LogP contribution in [-0.4, -0.2) is 30.5 Å². The van der Waals surface area contributed by atoms with Crippen molar-refractivity contribution in [3.63, 3.8) is 0 Å². The number of alkyl halides is 3. The van der Waals surface area contributed by atoms with Crippen LogP contribution in [0, 0.1) is 17.2 Å². The summed E-state index contributed by atoms with van der Waals surface area (Å²) in [5.74, 6) is 1.74. The standard InChI is InChI=1S/C28H28F3N7/c1-16(2)20-11-12-33-22(13-20)27-37-26-24(38(27)15-18-7-9-21(10-8-18)28(29,30)31)25(35-23(14-32)36-26)34-17(3)19-5-4-6-19/h7-13,16-17,19H,4-6,15H2,1-3H3,(H,34,35,36)/t17-/m1/s1. The Morgan fingerprint density at radius 1 is 1.08 bits per heavy atom. The largest absolute Gasteiger partial charge is 0.416 e. The summed E-state index contributed by atoms with van der Waals surface area (Å²) < 4.78 is 41.4. The van der Waals surface area contributed by atoms with E-state index < -0.39 is 11.7 Å². The first-order chi connectivity index (χ1) is 18.1. The van der Waals surface area contributed by atoms with Crippen LogP contribution < -0.4 is 5.32 Å². The van der Waals surface area contributed by atoms with Crippen LogP contribution in [0.4, 0.5) is 19.0 Å². The second kappa shape index (κ2) is 10.0. The number of nitrogens with one attached hydrogen (secondary N) is 1. The molecule has 4 aromatic rings. The third-order valence-electron chi connectivity index (χ3n) is 7.23. The third-order valence-corrected chi connectivity index (χ3v) is 7.23. The lowest BCUT2D eigenvalue weighted by Crippen LogP contribution is -2.31. The van der Waals surface area contributed by atoms with Crippen LogP contribution in [0.25, 0.3) is 22.7 Å². The lowest BCUT2D eigenvalue weighted by atomic mass is 9.80. The van der Waals surface area contributed by atoms with E-state index in [0.29, 0.717) is 40.0 Å². The van der Waals surface area contributed by atoms with Crippen LogP contribution in [-0.2, 0) is 12.7 Å². The predicted octanol–water partition coefficient (Wildman–Crippen LogP) is 6.55. The van der Waals surface area contributed by atoms with Crippen molar-refractivity contribution in [2.45, 2.75) is 64.7 Å². The van der Waals surface area contributed by atoms with Gasteiger partial charge in [0.2, 0.25) is 5.82 Å². The molecular weight excluding hydrogens is 491 g/mol. The zero-order valence-electron chi connectivity index (χ0n) is 21.4. The molecule has 1 aliphatic rings. The highest BCUT2D eigenvalue weighted by Gasteiger charge is 2.30. The number of pyridine rings is 1. The monoisotopic (exact) mass is 519 g/mol. The van der Waals surface area contributed by atoms with Crippen molar-refractivity contribution in [2.75, 3.05) is 5.32 Å². The van der Waals surface area contributed by atoms with Crippen LogP contribution in [0.5, 0.6) is 0 Å². The highest BCUT2D eigenvalue weighted by Crippen LogP contribution is 2.34. The molecule has 1 aliphatic carbocycles. The van der Waals surface area contributed by atoms with E-state index in [2.05, 4.69) is 41.0 Å². The fraction of sp³-hybridized carbons (Fsp3) is 0.393. The molecule has 0 aliphatic heterocycles. The van der Waals surface area contributed by atoms with Crippen molar-refractivity contribution < 1.29 is 13.2 Å². The Labute approximate surface area is 218 Å². The molecule has 1 N–H and O–H groups in total. The molecule has 38 heavy (non-hydrogen) atoms. The number of halogens is 3. The van der Waals surface area contributed by atoms with Crippen molar-refractivity contribution in [2.24, 2.45) is 5.92 Å². The van der Waals surface area contributed by atoms with Gasteiger partial charge in [-0.25, -0.2) is 4.98 Å². The summed E-state index contributed by atoms with van der Waals surface area (Å²) in [4.78, 5) is 18.2. The molecule has 7 nitrogen and oxygen atoms in total. The third kappa shape index (κ3) is 5.05. The van der Waals surface area contributed by atoms with Crippen LogP contribution in [0.3, 0.4) is 0 Å². The molecule has 3 heterocycles. The number of anilines is 1. The van der Waals surface area contributed by atoms with Crippen LogP contribution in [0.1, 0.15) is 68.5 Å². The number of nitrogens with zero attached hydrogens (tertiary/aromatic N) is 6. The van der Waals surface area contributed by atoms with Gasteiger partial charge < -0.3 is 9.88 Å². The van der Waals surface area contributed by atoms with E-state index in [1.165, 1.54) is 18.6 Å². The number of imidazole rings is 1. The smallest absolute Gasteiger partial charge is 0.365 e. The van der Waals surface area contributed by atoms with Gasteiger partial charge in [-0.2, -0.15) is 28.4 Å². The summed E-state index contributed by atoms with van der Waals surface area (Å²) >= 11 is 0. The molecule has 0 unspecified atom stereocenters. The molecule has 196 valence electrons. The average molecular weight is 520 g/mol. The molecule has 0 radical (unpaired) electrons. The molecule has 3 aromatic heterocycles. The van der Waals surface area contributed by atoms with Gasteiger partial charge in [-0.3, -0.25) is 4.98 Å². The minimum absolute atomic E-state index is 0.00423. The number of nitriles is 1. The molecule has 0 bridgehead atoms. The molecule has 0 saturated heterocycles. The number of benzene rings is 1. The van der Waals surface area contributed by atoms with Crippen molar-refractivity contribution in [3.05, 3.63) is 65.1 Å². The molecule has 0 amide bonds. The van der Waals surface area contributed by atoms with Crippen molar-refractivity contribution in [1.82, 2.24) is 24.5 Å². The SMILES string of the molecule is CC(C)c1ccnc(-c2nc3nc(C#N)nc(N[C@H](C)C4CCC4)c3n2Cc2ccc(C(F)(F)F)cc2)c1. The van der Waals surface area contributed by atoms with E-state index in [4.69, 9.17) is 4.98 Å². The highest BCUT2D eigenvalue weighted by molar-refractivity contribution is 5.87. The topological polar surface area (TPSA) is 92.3 Å². The van der Waals surface area contributed by atoms with Crippen LogP contribution >= 0.6 is 0 Å². The lowest BCUT2D eigenvalue weighted by molar-refractivity contribution is -0.137. The van der Waals surface area contributed by atoms with Crippen LogP contribution in [0.15, 0.2) is 42.6 Å². The molecule has 0 spiro atoms. The summed E-state index contributed by atoms with van der Waals surface area (Å²) in [6.45, 7) is 6.48. The first-order valence-electron chi connectivity index (χ1n) is 12.7. The van der Waals surface area contributed by atoms with Crippen molar-refractivity contribution in [3.8, 4) is 17.6 Å². The van der Waals surface area contributed by atoms with Gasteiger partial charge in [-0.1, -0.05) is 32.4 Å². The van der Waals surface area contributed by atoms with Gasteiger partial charge >= 0.3 is 6.18 Å². The maximum absolute atomic E-state index is 13.2. The van der Waals surface area contributed by atoms with Gasteiger partial charge in [-0.05, 0) is 67.0 Å². The molecule has 5 rings (SSSR count). The molecular formula is C28H28F3N7. The number of hydrogen-bond acceptors (Lipinski definition) is 6. The minimum atomic E-state index is -4.41. The average Bonchev–Trinajstić information content (AvgIpc) is 3.21. The van der Waals surface area contributed by atoms with Gasteiger partial charge in [0.05, 0.1) is 5.56 Å². The zero-order valence-corrected chi connectivity index (χ0v) is 21.4. The summed E-state index contributed by atoms with van der Waals surface area (Å²) in [6, 6.07) is 11.1. The van der Waals surface area contributed by atoms with Gasteiger partial charge in [-0.15, -0.1) is 0 Å². The Kier molecular flexibility index (Phi) is 6.78.